The van der Waals surface area contributed by atoms with E-state index in [2.05, 4.69) is 5.10 Å². The molecule has 0 aliphatic carbocycles. The fourth-order valence-corrected chi connectivity index (χ4v) is 1.20. The minimum absolute atomic E-state index is 0.0579. The van der Waals surface area contributed by atoms with Crippen molar-refractivity contribution in [2.45, 2.75) is 0 Å². The van der Waals surface area contributed by atoms with Gasteiger partial charge in [0.2, 0.25) is 0 Å². The Balaban J connectivity index is 2.65. The minimum atomic E-state index is -0.583. The average molecular weight is 206 g/mol. The van der Waals surface area contributed by atoms with Crippen LogP contribution in [0.3, 0.4) is 0 Å². The summed E-state index contributed by atoms with van der Waals surface area (Å²) in [5.41, 5.74) is -0.525. The van der Waals surface area contributed by atoms with Crippen LogP contribution in [0.15, 0.2) is 41.3 Å². The van der Waals surface area contributed by atoms with Crippen molar-refractivity contribution in [2.75, 3.05) is 0 Å². The summed E-state index contributed by atoms with van der Waals surface area (Å²) >= 11 is 0. The van der Waals surface area contributed by atoms with Gasteiger partial charge < -0.3 is 5.11 Å². The van der Waals surface area contributed by atoms with E-state index in [9.17, 15) is 9.18 Å². The van der Waals surface area contributed by atoms with Crippen LogP contribution in [-0.2, 0) is 0 Å². The molecule has 0 saturated carbocycles. The summed E-state index contributed by atoms with van der Waals surface area (Å²) in [6.07, 6.45) is 1.08. The molecule has 1 aromatic carbocycles. The van der Waals surface area contributed by atoms with Gasteiger partial charge in [0.05, 0.1) is 6.20 Å². The zero-order valence-corrected chi connectivity index (χ0v) is 7.59. The van der Waals surface area contributed by atoms with Crippen LogP contribution in [0, 0.1) is 5.82 Å². The fraction of sp³-hybridized carbons (Fsp3) is 0. The molecule has 0 spiro atoms. The van der Waals surface area contributed by atoms with E-state index in [1.807, 2.05) is 0 Å². The first-order chi connectivity index (χ1) is 7.18. The third-order valence-corrected chi connectivity index (χ3v) is 1.87. The number of halogens is 1. The van der Waals surface area contributed by atoms with Gasteiger partial charge in [-0.3, -0.25) is 4.79 Å². The van der Waals surface area contributed by atoms with Crippen LogP contribution in [0.2, 0.25) is 0 Å². The Bertz CT molecular complexity index is 551. The number of rotatable bonds is 1. The first kappa shape index (κ1) is 9.39. The number of hydrogen-bond acceptors (Lipinski definition) is 3. The Morgan fingerprint density at radius 3 is 2.73 bits per heavy atom. The molecule has 2 rings (SSSR count). The van der Waals surface area contributed by atoms with Gasteiger partial charge in [-0.1, -0.05) is 12.1 Å². The quantitative estimate of drug-likeness (QED) is 0.759. The highest BCUT2D eigenvalue weighted by Crippen LogP contribution is 2.09. The molecule has 0 bridgehead atoms. The molecule has 4 nitrogen and oxygen atoms in total. The molecule has 0 atom stereocenters. The molecule has 76 valence electrons. The summed E-state index contributed by atoms with van der Waals surface area (Å²) in [6.45, 7) is 0. The summed E-state index contributed by atoms with van der Waals surface area (Å²) in [6, 6.07) is 6.75. The Morgan fingerprint density at radius 2 is 2.07 bits per heavy atom. The monoisotopic (exact) mass is 206 g/mol. The molecule has 2 aromatic rings. The third kappa shape index (κ3) is 1.71. The second kappa shape index (κ2) is 3.53. The summed E-state index contributed by atoms with van der Waals surface area (Å²) < 4.78 is 14.2. The second-order valence-corrected chi connectivity index (χ2v) is 2.92. The van der Waals surface area contributed by atoms with Gasteiger partial charge in [0.15, 0.2) is 0 Å². The normalized spacial score (nSPS) is 10.2. The van der Waals surface area contributed by atoms with Crippen LogP contribution in [0.5, 0.6) is 5.75 Å². The molecule has 0 unspecified atom stereocenters. The van der Waals surface area contributed by atoms with Crippen molar-refractivity contribution in [3.8, 4) is 11.4 Å². The van der Waals surface area contributed by atoms with Crippen LogP contribution in [0.1, 0.15) is 0 Å². The van der Waals surface area contributed by atoms with Gasteiger partial charge in [-0.25, -0.2) is 4.39 Å². The van der Waals surface area contributed by atoms with Crippen molar-refractivity contribution >= 4 is 0 Å². The first-order valence-electron chi connectivity index (χ1n) is 4.22. The number of nitrogens with zero attached hydrogens (tertiary/aromatic N) is 2. The van der Waals surface area contributed by atoms with Crippen molar-refractivity contribution in [3.63, 3.8) is 0 Å². The fourth-order valence-electron chi connectivity index (χ4n) is 1.20. The molecule has 1 N–H and O–H groups in total. The topological polar surface area (TPSA) is 55.1 Å². The second-order valence-electron chi connectivity index (χ2n) is 2.92. The van der Waals surface area contributed by atoms with E-state index in [1.165, 1.54) is 18.2 Å². The summed E-state index contributed by atoms with van der Waals surface area (Å²) in [5, 5.41) is 12.6. The van der Waals surface area contributed by atoms with Crippen molar-refractivity contribution in [1.29, 1.82) is 0 Å². The molecule has 0 radical (unpaired) electrons. The van der Waals surface area contributed by atoms with Crippen LogP contribution in [-0.4, -0.2) is 14.9 Å². The maximum absolute atomic E-state index is 13.3. The zero-order chi connectivity index (χ0) is 10.8. The van der Waals surface area contributed by atoms with Crippen LogP contribution in [0.25, 0.3) is 5.69 Å². The van der Waals surface area contributed by atoms with Gasteiger partial charge >= 0.3 is 0 Å². The average Bonchev–Trinajstić information content (AvgIpc) is 2.20. The molecule has 0 amide bonds. The lowest BCUT2D eigenvalue weighted by Crippen LogP contribution is -2.20. The lowest BCUT2D eigenvalue weighted by molar-refractivity contribution is 0.466. The third-order valence-electron chi connectivity index (χ3n) is 1.87. The van der Waals surface area contributed by atoms with E-state index in [0.717, 1.165) is 16.9 Å². The zero-order valence-electron chi connectivity index (χ0n) is 7.59. The van der Waals surface area contributed by atoms with E-state index in [4.69, 9.17) is 5.11 Å². The lowest BCUT2D eigenvalue weighted by atomic mass is 10.3. The highest BCUT2D eigenvalue weighted by Gasteiger charge is 2.06. The van der Waals surface area contributed by atoms with Gasteiger partial charge in [-0.15, -0.1) is 0 Å². The molecular weight excluding hydrogens is 199 g/mol. The van der Waals surface area contributed by atoms with E-state index < -0.39 is 11.4 Å². The Kier molecular flexibility index (Phi) is 2.21. The number of aromatic hydroxyl groups is 1. The molecule has 1 aromatic heterocycles. The maximum atomic E-state index is 13.3. The van der Waals surface area contributed by atoms with Crippen molar-refractivity contribution in [2.24, 2.45) is 0 Å². The minimum Gasteiger partial charge on any atom is -0.506 e. The molecule has 0 aliphatic rings. The van der Waals surface area contributed by atoms with Gasteiger partial charge in [0.1, 0.15) is 17.3 Å². The van der Waals surface area contributed by atoms with Crippen LogP contribution >= 0.6 is 0 Å². The van der Waals surface area contributed by atoms with Crippen molar-refractivity contribution in [3.05, 3.63) is 52.7 Å². The smallest absolute Gasteiger partial charge is 0.275 e. The first-order valence-corrected chi connectivity index (χ1v) is 4.22. The Labute approximate surface area is 84.2 Å². The molecule has 5 heteroatoms. The highest BCUT2D eigenvalue weighted by molar-refractivity contribution is 5.32. The largest absolute Gasteiger partial charge is 0.506 e. The van der Waals surface area contributed by atoms with Gasteiger partial charge in [0.25, 0.3) is 5.56 Å². The van der Waals surface area contributed by atoms with E-state index >= 15 is 0 Å². The maximum Gasteiger partial charge on any atom is 0.275 e. The summed E-state index contributed by atoms with van der Waals surface area (Å²) in [4.78, 5) is 11.4. The predicted molar refractivity (Wildman–Crippen MR) is 51.5 cm³/mol. The van der Waals surface area contributed by atoms with Crippen LogP contribution in [0.4, 0.5) is 4.39 Å². The number of hydrogen-bond donors (Lipinski definition) is 1. The number of para-hydroxylation sites is 1. The predicted octanol–water partition coefficient (Wildman–Crippen LogP) is 1.08. The highest BCUT2D eigenvalue weighted by atomic mass is 19.1. The molecule has 1 heterocycles. The SMILES string of the molecule is O=c1cc(O)cnn1-c1ccccc1F. The van der Waals surface area contributed by atoms with Gasteiger partial charge in [-0.2, -0.15) is 9.78 Å². The van der Waals surface area contributed by atoms with Crippen molar-refractivity contribution < 1.29 is 9.50 Å². The molecule has 15 heavy (non-hydrogen) atoms. The van der Waals surface area contributed by atoms with E-state index in [1.54, 1.807) is 6.07 Å². The summed E-state index contributed by atoms with van der Waals surface area (Å²) in [7, 11) is 0. The number of benzene rings is 1. The number of aromatic nitrogens is 2. The Hall–Kier alpha value is -2.17. The van der Waals surface area contributed by atoms with Gasteiger partial charge in [0, 0.05) is 6.07 Å². The summed E-state index contributed by atoms with van der Waals surface area (Å²) in [5.74, 6) is -0.787. The lowest BCUT2D eigenvalue weighted by Gasteiger charge is -2.04. The van der Waals surface area contributed by atoms with E-state index in [-0.39, 0.29) is 11.4 Å². The standard InChI is InChI=1S/C10H7FN2O2/c11-8-3-1-2-4-9(8)13-10(15)5-7(14)6-12-13/h1-6,14H. The van der Waals surface area contributed by atoms with Crippen molar-refractivity contribution in [1.82, 2.24) is 9.78 Å². The van der Waals surface area contributed by atoms with Crippen LogP contribution < -0.4 is 5.56 Å². The molecule has 0 fully saturated rings. The Morgan fingerprint density at radius 1 is 1.33 bits per heavy atom. The van der Waals surface area contributed by atoms with E-state index in [0.29, 0.717) is 0 Å². The molecule has 0 aliphatic heterocycles. The van der Waals surface area contributed by atoms with Gasteiger partial charge in [-0.05, 0) is 12.1 Å². The molecular formula is C10H7FN2O2. The molecule has 0 saturated heterocycles.